The van der Waals surface area contributed by atoms with Crippen LogP contribution in [0.3, 0.4) is 0 Å². The lowest BCUT2D eigenvalue weighted by atomic mass is 9.72. The smallest absolute Gasteiger partial charge is 0.236 e. The van der Waals surface area contributed by atoms with Gasteiger partial charge in [0.25, 0.3) is 0 Å². The number of anilines is 1. The van der Waals surface area contributed by atoms with Gasteiger partial charge in [0.15, 0.2) is 0 Å². The molecule has 84 valence electrons. The summed E-state index contributed by atoms with van der Waals surface area (Å²) in [5.41, 5.74) is 1.52. The summed E-state index contributed by atoms with van der Waals surface area (Å²) in [5, 5.41) is 2.97. The summed E-state index contributed by atoms with van der Waals surface area (Å²) in [4.78, 5) is 16.6. The van der Waals surface area contributed by atoms with Crippen molar-refractivity contribution < 1.29 is 4.79 Å². The molecule has 1 amide bonds. The summed E-state index contributed by atoms with van der Waals surface area (Å²) in [6, 6.07) is 1.95. The second-order valence-corrected chi connectivity index (χ2v) is 5.56. The fourth-order valence-corrected chi connectivity index (χ4v) is 3.22. The Labute approximate surface area is 103 Å². The molecule has 1 saturated carbocycles. The first kappa shape index (κ1) is 10.3. The Morgan fingerprint density at radius 3 is 2.81 bits per heavy atom. The summed E-state index contributed by atoms with van der Waals surface area (Å²) < 4.78 is 0.916. The Morgan fingerprint density at radius 2 is 2.06 bits per heavy atom. The van der Waals surface area contributed by atoms with Crippen molar-refractivity contribution in [2.24, 2.45) is 0 Å². The van der Waals surface area contributed by atoms with E-state index < -0.39 is 0 Å². The molecule has 0 aromatic carbocycles. The molecule has 1 N–H and O–H groups in total. The molecule has 3 rings (SSSR count). The number of hydrogen-bond donors (Lipinski definition) is 1. The zero-order valence-corrected chi connectivity index (χ0v) is 10.5. The summed E-state index contributed by atoms with van der Waals surface area (Å²) >= 11 is 3.38. The van der Waals surface area contributed by atoms with Gasteiger partial charge >= 0.3 is 0 Å². The number of halogens is 1. The third kappa shape index (κ3) is 1.32. The fraction of sp³-hybridized carbons (Fsp3) is 0.500. The molecule has 0 unspecified atom stereocenters. The van der Waals surface area contributed by atoms with Crippen molar-refractivity contribution in [3.8, 4) is 0 Å². The summed E-state index contributed by atoms with van der Waals surface area (Å²) in [7, 11) is 0. The topological polar surface area (TPSA) is 42.0 Å². The van der Waals surface area contributed by atoms with Gasteiger partial charge in [-0.3, -0.25) is 9.78 Å². The van der Waals surface area contributed by atoms with E-state index in [1.807, 2.05) is 6.07 Å². The van der Waals surface area contributed by atoms with Gasteiger partial charge in [-0.2, -0.15) is 0 Å². The van der Waals surface area contributed by atoms with Crippen LogP contribution in [-0.4, -0.2) is 10.9 Å². The highest BCUT2D eigenvalue weighted by molar-refractivity contribution is 9.10. The van der Waals surface area contributed by atoms with Gasteiger partial charge in [0, 0.05) is 10.7 Å². The molecular weight excluding hydrogens is 268 g/mol. The lowest BCUT2D eigenvalue weighted by Gasteiger charge is -2.30. The molecule has 1 aromatic heterocycles. The van der Waals surface area contributed by atoms with Gasteiger partial charge < -0.3 is 5.32 Å². The van der Waals surface area contributed by atoms with Gasteiger partial charge in [-0.15, -0.1) is 0 Å². The van der Waals surface area contributed by atoms with E-state index in [4.69, 9.17) is 0 Å². The van der Waals surface area contributed by atoms with Crippen LogP contribution in [0.25, 0.3) is 0 Å². The fourth-order valence-electron chi connectivity index (χ4n) is 2.88. The van der Waals surface area contributed by atoms with E-state index in [-0.39, 0.29) is 11.3 Å². The Bertz CT molecular complexity index is 452. The molecule has 1 aromatic rings. The van der Waals surface area contributed by atoms with Crippen molar-refractivity contribution in [2.45, 2.75) is 37.5 Å². The maximum absolute atomic E-state index is 12.2. The highest BCUT2D eigenvalue weighted by atomic mass is 79.9. The van der Waals surface area contributed by atoms with Gasteiger partial charge in [-0.25, -0.2) is 0 Å². The number of carbonyl (C=O) groups is 1. The molecule has 3 nitrogen and oxygen atoms in total. The van der Waals surface area contributed by atoms with Crippen LogP contribution in [0.15, 0.2) is 16.7 Å². The number of carbonyl (C=O) groups excluding carboxylic acids is 1. The van der Waals surface area contributed by atoms with Crippen molar-refractivity contribution in [1.82, 2.24) is 4.98 Å². The van der Waals surface area contributed by atoms with Gasteiger partial charge in [0.1, 0.15) is 0 Å². The number of aromatic nitrogens is 1. The molecule has 4 heteroatoms. The minimum absolute atomic E-state index is 0.146. The molecule has 0 radical (unpaired) electrons. The minimum Gasteiger partial charge on any atom is -0.324 e. The van der Waals surface area contributed by atoms with Crippen LogP contribution in [0.4, 0.5) is 5.69 Å². The predicted octanol–water partition coefficient (Wildman–Crippen LogP) is 3.00. The minimum atomic E-state index is -0.325. The molecule has 16 heavy (non-hydrogen) atoms. The molecular formula is C12H13BrN2O. The standard InChI is InChI=1S/C12H13BrN2O/c13-8-6-9-10(14-7-8)12(11(16)15-9)4-2-1-3-5-12/h6-7H,1-5H2,(H,15,16). The van der Waals surface area contributed by atoms with Crippen molar-refractivity contribution >= 4 is 27.5 Å². The zero-order chi connectivity index (χ0) is 11.2. The molecule has 0 saturated heterocycles. The maximum atomic E-state index is 12.2. The first-order valence-electron chi connectivity index (χ1n) is 5.70. The Hall–Kier alpha value is -0.900. The molecule has 0 bridgehead atoms. The lowest BCUT2D eigenvalue weighted by Crippen LogP contribution is -2.36. The monoisotopic (exact) mass is 280 g/mol. The number of hydrogen-bond acceptors (Lipinski definition) is 2. The van der Waals surface area contributed by atoms with Gasteiger partial charge in [-0.05, 0) is 34.8 Å². The number of pyridine rings is 1. The first-order chi connectivity index (χ1) is 7.72. The number of nitrogens with one attached hydrogen (secondary N) is 1. The third-order valence-electron chi connectivity index (χ3n) is 3.70. The maximum Gasteiger partial charge on any atom is 0.236 e. The van der Waals surface area contributed by atoms with Crippen LogP contribution >= 0.6 is 15.9 Å². The van der Waals surface area contributed by atoms with E-state index in [2.05, 4.69) is 26.2 Å². The van der Waals surface area contributed by atoms with Crippen LogP contribution in [0.1, 0.15) is 37.8 Å². The van der Waals surface area contributed by atoms with E-state index in [1.165, 1.54) is 6.42 Å². The Kier molecular flexibility index (Phi) is 2.28. The average molecular weight is 281 g/mol. The average Bonchev–Trinajstić information content (AvgIpc) is 2.53. The molecule has 2 aliphatic rings. The molecule has 1 aliphatic carbocycles. The molecule has 1 aliphatic heterocycles. The quantitative estimate of drug-likeness (QED) is 0.794. The Morgan fingerprint density at radius 1 is 1.31 bits per heavy atom. The van der Waals surface area contributed by atoms with Crippen LogP contribution in [-0.2, 0) is 10.2 Å². The van der Waals surface area contributed by atoms with E-state index in [0.29, 0.717) is 0 Å². The summed E-state index contributed by atoms with van der Waals surface area (Å²) in [6.45, 7) is 0. The number of amides is 1. The van der Waals surface area contributed by atoms with E-state index in [1.54, 1.807) is 6.20 Å². The first-order valence-corrected chi connectivity index (χ1v) is 6.49. The SMILES string of the molecule is O=C1Nc2cc(Br)cnc2C12CCCCC2. The molecule has 1 fully saturated rings. The van der Waals surface area contributed by atoms with Gasteiger partial charge in [0.05, 0.1) is 16.8 Å². The third-order valence-corrected chi connectivity index (χ3v) is 4.13. The highest BCUT2D eigenvalue weighted by Crippen LogP contribution is 2.46. The van der Waals surface area contributed by atoms with Crippen molar-refractivity contribution in [1.29, 1.82) is 0 Å². The molecule has 0 atom stereocenters. The number of fused-ring (bicyclic) bond motifs is 2. The Balaban J connectivity index is 2.11. The molecule has 2 heterocycles. The van der Waals surface area contributed by atoms with E-state index in [9.17, 15) is 4.79 Å². The number of nitrogens with zero attached hydrogens (tertiary/aromatic N) is 1. The normalized spacial score (nSPS) is 21.9. The van der Waals surface area contributed by atoms with Crippen LogP contribution < -0.4 is 5.32 Å². The van der Waals surface area contributed by atoms with E-state index >= 15 is 0 Å². The van der Waals surface area contributed by atoms with Gasteiger partial charge in [-0.1, -0.05) is 19.3 Å². The van der Waals surface area contributed by atoms with Crippen LogP contribution in [0, 0.1) is 0 Å². The van der Waals surface area contributed by atoms with Crippen LogP contribution in [0.2, 0.25) is 0 Å². The van der Waals surface area contributed by atoms with Crippen molar-refractivity contribution in [3.05, 3.63) is 22.4 Å². The summed E-state index contributed by atoms with van der Waals surface area (Å²) in [6.07, 6.45) is 7.17. The second-order valence-electron chi connectivity index (χ2n) is 4.65. The second kappa shape index (κ2) is 3.55. The summed E-state index contributed by atoms with van der Waals surface area (Å²) in [5.74, 6) is 0.146. The molecule has 1 spiro atoms. The van der Waals surface area contributed by atoms with Gasteiger partial charge in [0.2, 0.25) is 5.91 Å². The number of rotatable bonds is 0. The van der Waals surface area contributed by atoms with Crippen LogP contribution in [0.5, 0.6) is 0 Å². The van der Waals surface area contributed by atoms with Crippen molar-refractivity contribution in [3.63, 3.8) is 0 Å². The lowest BCUT2D eigenvalue weighted by molar-refractivity contribution is -0.122. The van der Waals surface area contributed by atoms with Crippen molar-refractivity contribution in [2.75, 3.05) is 5.32 Å². The highest BCUT2D eigenvalue weighted by Gasteiger charge is 2.48. The van der Waals surface area contributed by atoms with E-state index in [0.717, 1.165) is 41.5 Å². The zero-order valence-electron chi connectivity index (χ0n) is 8.92. The predicted molar refractivity (Wildman–Crippen MR) is 65.3 cm³/mol. The largest absolute Gasteiger partial charge is 0.324 e.